The third-order valence-electron chi connectivity index (χ3n) is 3.33. The van der Waals surface area contributed by atoms with E-state index in [4.69, 9.17) is 4.74 Å². The molecule has 3 atom stereocenters. The third kappa shape index (κ3) is 1.10. The Bertz CT molecular complexity index is 267. The Hall–Kier alpha value is -0.640. The normalized spacial score (nSPS) is 40.4. The van der Waals surface area contributed by atoms with Gasteiger partial charge in [0.1, 0.15) is 5.72 Å². The lowest BCUT2D eigenvalue weighted by Gasteiger charge is -2.29. The van der Waals surface area contributed by atoms with Gasteiger partial charge < -0.3 is 9.64 Å². The van der Waals surface area contributed by atoms with Crippen LogP contribution in [0.15, 0.2) is 0 Å². The van der Waals surface area contributed by atoms with Crippen molar-refractivity contribution in [3.8, 4) is 0 Å². The molecule has 2 rings (SSSR count). The van der Waals surface area contributed by atoms with Crippen molar-refractivity contribution in [3.05, 3.63) is 0 Å². The number of carbonyl (C=O) groups is 1. The van der Waals surface area contributed by atoms with E-state index in [0.717, 1.165) is 0 Å². The minimum atomic E-state index is -1.33. The summed E-state index contributed by atoms with van der Waals surface area (Å²) in [6.45, 7) is 6.02. The molecule has 0 radical (unpaired) electrons. The van der Waals surface area contributed by atoms with Gasteiger partial charge in [-0.05, 0) is 20.3 Å². The maximum Gasteiger partial charge on any atom is 0.260 e. The monoisotopic (exact) mass is 201 g/mol. The largest absolute Gasteiger partial charge is 0.354 e. The van der Waals surface area contributed by atoms with Crippen LogP contribution in [0.3, 0.4) is 0 Å². The predicted molar refractivity (Wildman–Crippen MR) is 49.3 cm³/mol. The highest BCUT2D eigenvalue weighted by Gasteiger charge is 2.56. The number of ether oxygens (including phenoxy) is 1. The van der Waals surface area contributed by atoms with E-state index in [-0.39, 0.29) is 12.0 Å². The van der Waals surface area contributed by atoms with Gasteiger partial charge in [-0.2, -0.15) is 0 Å². The van der Waals surface area contributed by atoms with Crippen LogP contribution in [0.2, 0.25) is 0 Å². The van der Waals surface area contributed by atoms with Gasteiger partial charge in [0.15, 0.2) is 6.17 Å². The molecule has 0 aromatic carbocycles. The first kappa shape index (κ1) is 9.90. The fourth-order valence-electron chi connectivity index (χ4n) is 2.57. The second-order valence-corrected chi connectivity index (χ2v) is 4.51. The number of alkyl halides is 1. The van der Waals surface area contributed by atoms with Gasteiger partial charge in [0.25, 0.3) is 5.91 Å². The molecule has 0 aromatic rings. The molecule has 80 valence electrons. The van der Waals surface area contributed by atoms with E-state index in [9.17, 15) is 9.18 Å². The summed E-state index contributed by atoms with van der Waals surface area (Å²) in [6.07, 6.45) is -0.638. The van der Waals surface area contributed by atoms with Crippen LogP contribution in [-0.4, -0.2) is 35.4 Å². The maximum absolute atomic E-state index is 13.6. The van der Waals surface area contributed by atoms with Gasteiger partial charge in [0.2, 0.25) is 0 Å². The molecule has 0 bridgehead atoms. The van der Waals surface area contributed by atoms with Gasteiger partial charge in [0.05, 0.1) is 12.6 Å². The summed E-state index contributed by atoms with van der Waals surface area (Å²) >= 11 is 0. The maximum atomic E-state index is 13.6. The van der Waals surface area contributed by atoms with Gasteiger partial charge in [-0.1, -0.05) is 6.92 Å². The molecule has 4 heteroatoms. The van der Waals surface area contributed by atoms with Crippen LogP contribution in [-0.2, 0) is 9.53 Å². The molecule has 2 heterocycles. The average Bonchev–Trinajstić information content (AvgIpc) is 2.53. The Morgan fingerprint density at radius 2 is 2.29 bits per heavy atom. The topological polar surface area (TPSA) is 29.5 Å². The van der Waals surface area contributed by atoms with Crippen molar-refractivity contribution in [2.75, 3.05) is 6.61 Å². The smallest absolute Gasteiger partial charge is 0.260 e. The van der Waals surface area contributed by atoms with E-state index in [2.05, 4.69) is 0 Å². The van der Waals surface area contributed by atoms with Crippen molar-refractivity contribution < 1.29 is 13.9 Å². The zero-order valence-electron chi connectivity index (χ0n) is 8.79. The molecule has 0 N–H and O–H groups in total. The van der Waals surface area contributed by atoms with Crippen molar-refractivity contribution in [1.82, 2.24) is 4.90 Å². The van der Waals surface area contributed by atoms with E-state index in [1.54, 1.807) is 4.90 Å². The minimum Gasteiger partial charge on any atom is -0.354 e. The van der Waals surface area contributed by atoms with E-state index < -0.39 is 17.8 Å². The van der Waals surface area contributed by atoms with Crippen molar-refractivity contribution in [3.63, 3.8) is 0 Å². The summed E-state index contributed by atoms with van der Waals surface area (Å²) in [7, 11) is 0. The predicted octanol–water partition coefficient (Wildman–Crippen LogP) is 1.33. The van der Waals surface area contributed by atoms with Gasteiger partial charge in [-0.3, -0.25) is 4.79 Å². The number of fused-ring (bicyclic) bond motifs is 1. The van der Waals surface area contributed by atoms with E-state index in [1.165, 1.54) is 0 Å². The van der Waals surface area contributed by atoms with E-state index in [0.29, 0.717) is 13.0 Å². The highest BCUT2D eigenvalue weighted by molar-refractivity contribution is 5.85. The van der Waals surface area contributed by atoms with Crippen LogP contribution >= 0.6 is 0 Å². The Labute approximate surface area is 83.2 Å². The molecule has 3 nitrogen and oxygen atoms in total. The average molecular weight is 201 g/mol. The summed E-state index contributed by atoms with van der Waals surface area (Å²) in [5, 5.41) is 0. The fourth-order valence-corrected chi connectivity index (χ4v) is 2.57. The molecule has 2 aliphatic heterocycles. The van der Waals surface area contributed by atoms with E-state index >= 15 is 0 Å². The zero-order chi connectivity index (χ0) is 10.5. The summed E-state index contributed by atoms with van der Waals surface area (Å²) < 4.78 is 19.1. The zero-order valence-corrected chi connectivity index (χ0v) is 8.79. The van der Waals surface area contributed by atoms with Gasteiger partial charge in [-0.15, -0.1) is 0 Å². The third-order valence-corrected chi connectivity index (χ3v) is 3.33. The number of nitrogens with zero attached hydrogens (tertiary/aromatic N) is 1. The van der Waals surface area contributed by atoms with Crippen LogP contribution in [0.25, 0.3) is 0 Å². The Balaban J connectivity index is 2.30. The number of amides is 1. The number of hydrogen-bond acceptors (Lipinski definition) is 2. The number of halogens is 1. The summed E-state index contributed by atoms with van der Waals surface area (Å²) in [4.78, 5) is 13.2. The van der Waals surface area contributed by atoms with Crippen LogP contribution in [0.1, 0.15) is 27.2 Å². The Morgan fingerprint density at radius 1 is 1.64 bits per heavy atom. The molecule has 14 heavy (non-hydrogen) atoms. The SMILES string of the molecule is CC[C@H]1[C@H]2COC(C)(C)N2C(=O)[C@@H]1F. The van der Waals surface area contributed by atoms with Crippen molar-refractivity contribution in [2.24, 2.45) is 5.92 Å². The number of hydrogen-bond donors (Lipinski definition) is 0. The molecule has 0 saturated carbocycles. The van der Waals surface area contributed by atoms with Gasteiger partial charge >= 0.3 is 0 Å². The lowest BCUT2D eigenvalue weighted by molar-refractivity contribution is -0.145. The molecule has 0 unspecified atom stereocenters. The lowest BCUT2D eigenvalue weighted by atomic mass is 9.97. The fraction of sp³-hybridized carbons (Fsp3) is 0.900. The molecule has 0 aliphatic carbocycles. The Morgan fingerprint density at radius 3 is 2.86 bits per heavy atom. The summed E-state index contributed by atoms with van der Waals surface area (Å²) in [5.41, 5.74) is -0.629. The Kier molecular flexibility index (Phi) is 2.07. The second kappa shape index (κ2) is 2.92. The molecular formula is C10H16FNO2. The highest BCUT2D eigenvalue weighted by atomic mass is 19.1. The highest BCUT2D eigenvalue weighted by Crippen LogP contribution is 2.41. The van der Waals surface area contributed by atoms with Crippen molar-refractivity contribution in [1.29, 1.82) is 0 Å². The molecule has 2 fully saturated rings. The molecule has 0 spiro atoms. The van der Waals surface area contributed by atoms with Gasteiger partial charge in [-0.25, -0.2) is 4.39 Å². The molecule has 1 amide bonds. The van der Waals surface area contributed by atoms with Crippen LogP contribution in [0.5, 0.6) is 0 Å². The minimum absolute atomic E-state index is 0.0579. The summed E-state index contributed by atoms with van der Waals surface area (Å²) in [6, 6.07) is -0.0579. The quantitative estimate of drug-likeness (QED) is 0.640. The first-order valence-electron chi connectivity index (χ1n) is 5.10. The first-order chi connectivity index (χ1) is 6.49. The molecule has 2 saturated heterocycles. The summed E-state index contributed by atoms with van der Waals surface area (Å²) in [5.74, 6) is -0.589. The molecule has 2 aliphatic rings. The molecular weight excluding hydrogens is 185 g/mol. The first-order valence-corrected chi connectivity index (χ1v) is 5.10. The van der Waals surface area contributed by atoms with E-state index in [1.807, 2.05) is 20.8 Å². The lowest BCUT2D eigenvalue weighted by Crippen LogP contribution is -2.44. The van der Waals surface area contributed by atoms with Crippen LogP contribution in [0, 0.1) is 5.92 Å². The second-order valence-electron chi connectivity index (χ2n) is 4.51. The number of carbonyl (C=O) groups excluding carboxylic acids is 1. The number of rotatable bonds is 1. The van der Waals surface area contributed by atoms with Gasteiger partial charge in [0, 0.05) is 5.92 Å². The van der Waals surface area contributed by atoms with Crippen molar-refractivity contribution >= 4 is 5.91 Å². The van der Waals surface area contributed by atoms with Crippen LogP contribution in [0.4, 0.5) is 4.39 Å². The molecule has 0 aromatic heterocycles. The standard InChI is InChI=1S/C10H16FNO2/c1-4-6-7-5-14-10(2,3)12(7)9(13)8(6)11/h6-8H,4-5H2,1-3H3/t6-,7+,8+/m0/s1. The van der Waals surface area contributed by atoms with Crippen LogP contribution < -0.4 is 0 Å². The van der Waals surface area contributed by atoms with Crippen molar-refractivity contribution in [2.45, 2.75) is 45.1 Å².